The first kappa shape index (κ1) is 14.5. The van der Waals surface area contributed by atoms with Crippen LogP contribution in [0.4, 0.5) is 4.39 Å². The number of benzene rings is 1. The number of rotatable bonds is 3. The van der Waals surface area contributed by atoms with Gasteiger partial charge >= 0.3 is 0 Å². The van der Waals surface area contributed by atoms with E-state index in [1.165, 1.54) is 24.5 Å². The predicted molar refractivity (Wildman–Crippen MR) is 77.7 cm³/mol. The first-order chi connectivity index (χ1) is 10.7. The number of ketones is 1. The monoisotopic (exact) mass is 301 g/mol. The van der Waals surface area contributed by atoms with Gasteiger partial charge in [-0.15, -0.1) is 0 Å². The number of likely N-dealkylation sites (tertiary alicyclic amines) is 1. The van der Waals surface area contributed by atoms with E-state index in [2.05, 4.69) is 0 Å². The molecule has 2 heterocycles. The summed E-state index contributed by atoms with van der Waals surface area (Å²) < 4.78 is 18.1. The summed E-state index contributed by atoms with van der Waals surface area (Å²) in [5.41, 5.74) is 0.849. The molecule has 0 unspecified atom stereocenters. The molecule has 5 heteroatoms. The molecule has 1 atom stereocenters. The molecule has 0 bridgehead atoms. The molecule has 0 aliphatic carbocycles. The molecule has 22 heavy (non-hydrogen) atoms. The maximum atomic E-state index is 13.1. The van der Waals surface area contributed by atoms with Crippen molar-refractivity contribution >= 4 is 11.7 Å². The highest BCUT2D eigenvalue weighted by atomic mass is 19.1. The van der Waals surface area contributed by atoms with Crippen LogP contribution in [0.2, 0.25) is 0 Å². The average Bonchev–Trinajstić information content (AvgIpc) is 3.09. The van der Waals surface area contributed by atoms with Crippen molar-refractivity contribution in [3.63, 3.8) is 0 Å². The second kappa shape index (κ2) is 6.13. The maximum absolute atomic E-state index is 13.1. The van der Waals surface area contributed by atoms with Crippen molar-refractivity contribution in [1.82, 2.24) is 4.90 Å². The maximum Gasteiger partial charge on any atom is 0.298 e. The Kier molecular flexibility index (Phi) is 4.04. The summed E-state index contributed by atoms with van der Waals surface area (Å²) in [4.78, 5) is 26.3. The van der Waals surface area contributed by atoms with E-state index in [1.54, 1.807) is 23.1 Å². The largest absolute Gasteiger partial charge is 0.461 e. The molecule has 0 spiro atoms. The molecule has 2 aromatic rings. The molecular weight excluding hydrogens is 285 g/mol. The predicted octanol–water partition coefficient (Wildman–Crippen LogP) is 3.36. The first-order valence-electron chi connectivity index (χ1n) is 7.31. The summed E-state index contributed by atoms with van der Waals surface area (Å²) >= 11 is 0. The van der Waals surface area contributed by atoms with Crippen LogP contribution < -0.4 is 0 Å². The van der Waals surface area contributed by atoms with Crippen LogP contribution in [0.15, 0.2) is 47.1 Å². The van der Waals surface area contributed by atoms with E-state index in [0.717, 1.165) is 24.8 Å². The molecule has 1 aliphatic rings. The van der Waals surface area contributed by atoms with Gasteiger partial charge in [0.1, 0.15) is 5.82 Å². The molecule has 114 valence electrons. The van der Waals surface area contributed by atoms with Crippen molar-refractivity contribution in [2.75, 3.05) is 6.54 Å². The third kappa shape index (κ3) is 2.79. The van der Waals surface area contributed by atoms with E-state index in [-0.39, 0.29) is 17.6 Å². The van der Waals surface area contributed by atoms with Gasteiger partial charge in [-0.25, -0.2) is 4.39 Å². The molecule has 1 fully saturated rings. The van der Waals surface area contributed by atoms with Gasteiger partial charge < -0.3 is 9.32 Å². The lowest BCUT2D eigenvalue weighted by Gasteiger charge is -2.35. The Hall–Kier alpha value is -2.43. The second-order valence-corrected chi connectivity index (χ2v) is 5.37. The lowest BCUT2D eigenvalue weighted by molar-refractivity contribution is -0.130. The zero-order valence-corrected chi connectivity index (χ0v) is 12.0. The molecule has 1 aliphatic heterocycles. The van der Waals surface area contributed by atoms with Crippen molar-refractivity contribution in [2.45, 2.75) is 25.3 Å². The standard InChI is InChI=1S/C17H16FNO3/c18-13-8-6-12(7-9-13)14-4-1-2-10-19(14)17(21)16(20)15-5-3-11-22-15/h3,5-9,11,14H,1-2,4,10H2/t14-/m1/s1. The number of carbonyl (C=O) groups excluding carboxylic acids is 2. The number of halogens is 1. The topological polar surface area (TPSA) is 50.5 Å². The number of piperidine rings is 1. The number of carbonyl (C=O) groups is 2. The molecule has 0 radical (unpaired) electrons. The SMILES string of the molecule is O=C(C(=O)N1CCCC[C@@H]1c1ccc(F)cc1)c1ccco1. The Balaban J connectivity index is 1.84. The van der Waals surface area contributed by atoms with Crippen molar-refractivity contribution in [3.8, 4) is 0 Å². The molecule has 4 nitrogen and oxygen atoms in total. The minimum atomic E-state index is -0.640. The van der Waals surface area contributed by atoms with Gasteiger partial charge in [-0.05, 0) is 49.1 Å². The van der Waals surface area contributed by atoms with Crippen LogP contribution in [0.3, 0.4) is 0 Å². The smallest absolute Gasteiger partial charge is 0.298 e. The Bertz CT molecular complexity index is 664. The average molecular weight is 301 g/mol. The summed E-state index contributed by atoms with van der Waals surface area (Å²) in [6.07, 6.45) is 3.96. The summed E-state index contributed by atoms with van der Waals surface area (Å²) in [6, 6.07) is 8.96. The van der Waals surface area contributed by atoms with Gasteiger partial charge in [0.05, 0.1) is 12.3 Å². The second-order valence-electron chi connectivity index (χ2n) is 5.37. The Morgan fingerprint density at radius 2 is 1.91 bits per heavy atom. The molecule has 3 rings (SSSR count). The summed E-state index contributed by atoms with van der Waals surface area (Å²) in [7, 11) is 0. The lowest BCUT2D eigenvalue weighted by atomic mass is 9.94. The highest BCUT2D eigenvalue weighted by Gasteiger charge is 2.33. The van der Waals surface area contributed by atoms with Gasteiger partial charge in [-0.1, -0.05) is 12.1 Å². The minimum absolute atomic E-state index is 0.0495. The van der Waals surface area contributed by atoms with E-state index in [4.69, 9.17) is 4.42 Å². The number of furan rings is 1. The van der Waals surface area contributed by atoms with Gasteiger partial charge in [0, 0.05) is 6.54 Å². The minimum Gasteiger partial charge on any atom is -0.461 e. The van der Waals surface area contributed by atoms with Crippen LogP contribution in [-0.4, -0.2) is 23.1 Å². The molecular formula is C17H16FNO3. The third-order valence-electron chi connectivity index (χ3n) is 3.96. The summed E-state index contributed by atoms with van der Waals surface area (Å²) in [5, 5.41) is 0. The van der Waals surface area contributed by atoms with Gasteiger partial charge in [-0.2, -0.15) is 0 Å². The van der Waals surface area contributed by atoms with Gasteiger partial charge in [-0.3, -0.25) is 9.59 Å². The Morgan fingerprint density at radius 1 is 1.14 bits per heavy atom. The first-order valence-corrected chi connectivity index (χ1v) is 7.31. The highest BCUT2D eigenvalue weighted by Crippen LogP contribution is 2.31. The lowest BCUT2D eigenvalue weighted by Crippen LogP contribution is -2.42. The third-order valence-corrected chi connectivity index (χ3v) is 3.96. The van der Waals surface area contributed by atoms with Crippen LogP contribution in [0.5, 0.6) is 0 Å². The Labute approximate surface area is 127 Å². The quantitative estimate of drug-likeness (QED) is 0.645. The number of amides is 1. The van der Waals surface area contributed by atoms with Crippen LogP contribution in [0.25, 0.3) is 0 Å². The molecule has 0 saturated carbocycles. The zero-order valence-electron chi connectivity index (χ0n) is 12.0. The van der Waals surface area contributed by atoms with Crippen LogP contribution in [-0.2, 0) is 4.79 Å². The fourth-order valence-electron chi connectivity index (χ4n) is 2.85. The molecule has 1 aromatic heterocycles. The van der Waals surface area contributed by atoms with E-state index >= 15 is 0 Å². The fourth-order valence-corrected chi connectivity index (χ4v) is 2.85. The van der Waals surface area contributed by atoms with Crippen LogP contribution in [0.1, 0.15) is 41.4 Å². The van der Waals surface area contributed by atoms with Crippen molar-refractivity contribution < 1.29 is 18.4 Å². The molecule has 1 amide bonds. The van der Waals surface area contributed by atoms with Crippen molar-refractivity contribution in [1.29, 1.82) is 0 Å². The zero-order chi connectivity index (χ0) is 15.5. The number of hydrogen-bond donors (Lipinski definition) is 0. The van der Waals surface area contributed by atoms with E-state index in [0.29, 0.717) is 6.54 Å². The number of hydrogen-bond acceptors (Lipinski definition) is 3. The molecule has 1 aromatic carbocycles. The summed E-state index contributed by atoms with van der Waals surface area (Å²) in [5.74, 6) is -1.47. The van der Waals surface area contributed by atoms with Gasteiger partial charge in [0.2, 0.25) is 0 Å². The van der Waals surface area contributed by atoms with Gasteiger partial charge in [0.15, 0.2) is 5.76 Å². The Morgan fingerprint density at radius 3 is 2.59 bits per heavy atom. The van der Waals surface area contributed by atoms with E-state index in [9.17, 15) is 14.0 Å². The van der Waals surface area contributed by atoms with E-state index < -0.39 is 11.7 Å². The van der Waals surface area contributed by atoms with Crippen LogP contribution >= 0.6 is 0 Å². The van der Waals surface area contributed by atoms with Crippen LogP contribution in [0, 0.1) is 5.82 Å². The molecule has 1 saturated heterocycles. The van der Waals surface area contributed by atoms with Crippen molar-refractivity contribution in [3.05, 3.63) is 59.8 Å². The number of Topliss-reactive ketones (excluding diaryl/α,β-unsaturated/α-hetero) is 1. The summed E-state index contributed by atoms with van der Waals surface area (Å²) in [6.45, 7) is 0.521. The fraction of sp³-hybridized carbons (Fsp3) is 0.294. The van der Waals surface area contributed by atoms with Gasteiger partial charge in [0.25, 0.3) is 11.7 Å². The molecule has 0 N–H and O–H groups in total. The van der Waals surface area contributed by atoms with Crippen molar-refractivity contribution in [2.24, 2.45) is 0 Å². The van der Waals surface area contributed by atoms with E-state index in [1.807, 2.05) is 0 Å². The normalized spacial score (nSPS) is 18.2. The highest BCUT2D eigenvalue weighted by molar-refractivity contribution is 6.42. The number of nitrogens with zero attached hydrogens (tertiary/aromatic N) is 1.